The van der Waals surface area contributed by atoms with Crippen LogP contribution in [-0.2, 0) is 16.1 Å². The Morgan fingerprint density at radius 3 is 2.40 bits per heavy atom. The zero-order chi connectivity index (χ0) is 24.8. The van der Waals surface area contributed by atoms with Crippen LogP contribution in [-0.4, -0.2) is 39.9 Å². The first-order chi connectivity index (χ1) is 17.0. The molecule has 0 radical (unpaired) electrons. The van der Waals surface area contributed by atoms with Gasteiger partial charge in [-0.3, -0.25) is 14.6 Å². The Morgan fingerprint density at radius 2 is 1.71 bits per heavy atom. The van der Waals surface area contributed by atoms with Crippen molar-refractivity contribution in [3.63, 3.8) is 0 Å². The number of carbonyl (C=O) groups is 2. The monoisotopic (exact) mass is 472 g/mol. The van der Waals surface area contributed by atoms with Gasteiger partial charge in [-0.15, -0.1) is 0 Å². The molecular weight excluding hydrogens is 444 g/mol. The van der Waals surface area contributed by atoms with Gasteiger partial charge in [0.25, 0.3) is 11.7 Å². The number of ketones is 1. The Bertz CT molecular complexity index is 1220. The lowest BCUT2D eigenvalue weighted by atomic mass is 9.95. The van der Waals surface area contributed by atoms with Crippen LogP contribution in [0.1, 0.15) is 43.0 Å². The van der Waals surface area contributed by atoms with Gasteiger partial charge in [-0.1, -0.05) is 31.2 Å². The second kappa shape index (κ2) is 10.9. The fourth-order valence-electron chi connectivity index (χ4n) is 4.10. The smallest absolute Gasteiger partial charge is 0.295 e. The third-order valence-electron chi connectivity index (χ3n) is 5.73. The van der Waals surface area contributed by atoms with Crippen LogP contribution in [0.5, 0.6) is 11.5 Å². The maximum absolute atomic E-state index is 13.2. The summed E-state index contributed by atoms with van der Waals surface area (Å²) in [4.78, 5) is 31.9. The maximum Gasteiger partial charge on any atom is 0.295 e. The summed E-state index contributed by atoms with van der Waals surface area (Å²) >= 11 is 0. The predicted octanol–water partition coefficient (Wildman–Crippen LogP) is 4.89. The minimum absolute atomic E-state index is 0.0416. The lowest BCUT2D eigenvalue weighted by Gasteiger charge is -2.25. The van der Waals surface area contributed by atoms with Crippen molar-refractivity contribution in [3.05, 3.63) is 95.3 Å². The summed E-state index contributed by atoms with van der Waals surface area (Å²) in [5.74, 6) is -0.364. The fraction of sp³-hybridized carbons (Fsp3) is 0.250. The lowest BCUT2D eigenvalue weighted by Crippen LogP contribution is -2.29. The Labute approximate surface area is 204 Å². The topological polar surface area (TPSA) is 89.0 Å². The number of aromatic nitrogens is 1. The van der Waals surface area contributed by atoms with Crippen molar-refractivity contribution < 1.29 is 24.2 Å². The van der Waals surface area contributed by atoms with E-state index < -0.39 is 17.7 Å². The quantitative estimate of drug-likeness (QED) is 0.271. The number of amides is 1. The van der Waals surface area contributed by atoms with E-state index in [0.29, 0.717) is 35.8 Å². The number of aliphatic hydroxyl groups is 1. The van der Waals surface area contributed by atoms with Gasteiger partial charge in [-0.05, 0) is 60.9 Å². The molecule has 1 unspecified atom stereocenters. The van der Waals surface area contributed by atoms with Gasteiger partial charge in [0.05, 0.1) is 24.8 Å². The van der Waals surface area contributed by atoms with Crippen molar-refractivity contribution in [2.24, 2.45) is 0 Å². The number of likely N-dealkylation sites (tertiary alicyclic amines) is 1. The van der Waals surface area contributed by atoms with Gasteiger partial charge in [0.2, 0.25) is 0 Å². The number of nitrogens with zero attached hydrogens (tertiary/aromatic N) is 2. The predicted molar refractivity (Wildman–Crippen MR) is 132 cm³/mol. The van der Waals surface area contributed by atoms with Crippen LogP contribution >= 0.6 is 0 Å². The molecule has 35 heavy (non-hydrogen) atoms. The highest BCUT2D eigenvalue weighted by atomic mass is 16.5. The summed E-state index contributed by atoms with van der Waals surface area (Å²) in [6.45, 7) is 5.15. The van der Waals surface area contributed by atoms with Crippen molar-refractivity contribution >= 4 is 17.4 Å². The van der Waals surface area contributed by atoms with Crippen molar-refractivity contribution in [3.8, 4) is 11.5 Å². The third-order valence-corrected chi connectivity index (χ3v) is 5.73. The van der Waals surface area contributed by atoms with Crippen LogP contribution in [0.25, 0.3) is 5.76 Å². The number of rotatable bonds is 9. The van der Waals surface area contributed by atoms with Gasteiger partial charge in [0, 0.05) is 24.5 Å². The summed E-state index contributed by atoms with van der Waals surface area (Å²) in [6.07, 6.45) is 4.16. The Hall–Kier alpha value is -4.13. The molecule has 2 heterocycles. The molecule has 1 atom stereocenters. The number of hydrogen-bond acceptors (Lipinski definition) is 6. The highest BCUT2D eigenvalue weighted by Crippen LogP contribution is 2.41. The van der Waals surface area contributed by atoms with Crippen LogP contribution in [0.3, 0.4) is 0 Å². The minimum atomic E-state index is -0.765. The van der Waals surface area contributed by atoms with E-state index in [0.717, 1.165) is 12.0 Å². The van der Waals surface area contributed by atoms with E-state index in [4.69, 9.17) is 9.47 Å². The van der Waals surface area contributed by atoms with E-state index in [1.807, 2.05) is 38.1 Å². The van der Waals surface area contributed by atoms with Gasteiger partial charge < -0.3 is 19.5 Å². The first kappa shape index (κ1) is 24.0. The molecular formula is C28H28N2O5. The van der Waals surface area contributed by atoms with E-state index in [9.17, 15) is 14.7 Å². The highest BCUT2D eigenvalue weighted by molar-refractivity contribution is 6.46. The van der Waals surface area contributed by atoms with Gasteiger partial charge in [-0.2, -0.15) is 0 Å². The Morgan fingerprint density at radius 1 is 0.971 bits per heavy atom. The molecule has 1 aliphatic heterocycles. The SMILES string of the molecule is CCCOc1ccc(C2C(=C(O)c3cccc(OCC)c3)C(=O)C(=O)N2Cc2ccncc2)cc1. The summed E-state index contributed by atoms with van der Waals surface area (Å²) < 4.78 is 11.2. The Balaban J connectivity index is 1.80. The van der Waals surface area contributed by atoms with E-state index in [2.05, 4.69) is 4.98 Å². The Kier molecular flexibility index (Phi) is 7.45. The van der Waals surface area contributed by atoms with Gasteiger partial charge in [-0.25, -0.2) is 0 Å². The average Bonchev–Trinajstić information content (AvgIpc) is 3.13. The average molecular weight is 473 g/mol. The molecule has 7 nitrogen and oxygen atoms in total. The number of benzene rings is 2. The van der Waals surface area contributed by atoms with E-state index in [1.54, 1.807) is 48.8 Å². The molecule has 7 heteroatoms. The van der Waals surface area contributed by atoms with Crippen LogP contribution in [0.4, 0.5) is 0 Å². The molecule has 0 bridgehead atoms. The number of pyridine rings is 1. The molecule has 0 aliphatic carbocycles. The molecule has 1 fully saturated rings. The van der Waals surface area contributed by atoms with E-state index >= 15 is 0 Å². The first-order valence-corrected chi connectivity index (χ1v) is 11.7. The van der Waals surface area contributed by atoms with E-state index in [1.165, 1.54) is 4.90 Å². The molecule has 4 rings (SSSR count). The normalized spacial score (nSPS) is 17.0. The molecule has 1 saturated heterocycles. The van der Waals surface area contributed by atoms with Crippen LogP contribution < -0.4 is 9.47 Å². The molecule has 180 valence electrons. The summed E-state index contributed by atoms with van der Waals surface area (Å²) in [7, 11) is 0. The van der Waals surface area contributed by atoms with Crippen LogP contribution in [0, 0.1) is 0 Å². The minimum Gasteiger partial charge on any atom is -0.507 e. The molecule has 1 amide bonds. The standard InChI is InChI=1S/C28H28N2O5/c1-3-16-35-22-10-8-20(9-11-22)25-24(26(31)21-6-5-7-23(17-21)34-4-2)27(32)28(33)30(25)18-19-12-14-29-15-13-19/h5-15,17,25,31H,3-4,16,18H2,1-2H3. The molecule has 2 aromatic carbocycles. The van der Waals surface area contributed by atoms with Crippen molar-refractivity contribution in [1.82, 2.24) is 9.88 Å². The number of aliphatic hydroxyl groups excluding tert-OH is 1. The highest BCUT2D eigenvalue weighted by Gasteiger charge is 2.46. The molecule has 0 spiro atoms. The third kappa shape index (κ3) is 5.19. The lowest BCUT2D eigenvalue weighted by molar-refractivity contribution is -0.140. The number of hydrogen-bond donors (Lipinski definition) is 1. The first-order valence-electron chi connectivity index (χ1n) is 11.7. The van der Waals surface area contributed by atoms with Gasteiger partial charge in [0.1, 0.15) is 17.3 Å². The number of ether oxygens (including phenoxy) is 2. The van der Waals surface area contributed by atoms with Gasteiger partial charge in [0.15, 0.2) is 0 Å². The molecule has 3 aromatic rings. The maximum atomic E-state index is 13.2. The molecule has 0 saturated carbocycles. The van der Waals surface area contributed by atoms with Crippen LogP contribution in [0.15, 0.2) is 78.6 Å². The van der Waals surface area contributed by atoms with Crippen molar-refractivity contribution in [2.45, 2.75) is 32.9 Å². The van der Waals surface area contributed by atoms with Crippen molar-refractivity contribution in [2.75, 3.05) is 13.2 Å². The zero-order valence-electron chi connectivity index (χ0n) is 19.8. The second-order valence-electron chi connectivity index (χ2n) is 8.16. The molecule has 1 aromatic heterocycles. The van der Waals surface area contributed by atoms with Gasteiger partial charge >= 0.3 is 0 Å². The summed E-state index contributed by atoms with van der Waals surface area (Å²) in [5, 5.41) is 11.3. The van der Waals surface area contributed by atoms with Crippen LogP contribution in [0.2, 0.25) is 0 Å². The molecule has 1 N–H and O–H groups in total. The fourth-order valence-corrected chi connectivity index (χ4v) is 4.10. The number of carbonyl (C=O) groups excluding carboxylic acids is 2. The molecule has 1 aliphatic rings. The zero-order valence-corrected chi connectivity index (χ0v) is 19.8. The van der Waals surface area contributed by atoms with Crippen molar-refractivity contribution in [1.29, 1.82) is 0 Å². The van der Waals surface area contributed by atoms with E-state index in [-0.39, 0.29) is 17.9 Å². The number of Topliss-reactive ketones (excluding diaryl/α,β-unsaturated/α-hetero) is 1. The summed E-state index contributed by atoms with van der Waals surface area (Å²) in [6, 6.07) is 17.0. The second-order valence-corrected chi connectivity index (χ2v) is 8.16. The largest absolute Gasteiger partial charge is 0.507 e. The summed E-state index contributed by atoms with van der Waals surface area (Å²) in [5.41, 5.74) is 1.98.